The highest BCUT2D eigenvalue weighted by Crippen LogP contribution is 2.38. The number of ether oxygens (including phenoxy) is 1. The summed E-state index contributed by atoms with van der Waals surface area (Å²) in [4.78, 5) is 28.6. The summed E-state index contributed by atoms with van der Waals surface area (Å²) in [5.74, 6) is 0.488. The number of fused-ring (bicyclic) bond motifs is 1. The molecule has 0 bridgehead atoms. The number of nitrogens with zero attached hydrogens (tertiary/aromatic N) is 2. The third-order valence-corrected chi connectivity index (χ3v) is 7.46. The number of piperazine rings is 1. The molecule has 3 saturated heterocycles. The largest absolute Gasteiger partial charge is 0.378 e. The van der Waals surface area contributed by atoms with Crippen LogP contribution in [0.2, 0.25) is 0 Å². The summed E-state index contributed by atoms with van der Waals surface area (Å²) in [5.41, 5.74) is 0. The molecule has 29 heavy (non-hydrogen) atoms. The molecule has 0 aromatic heterocycles. The van der Waals surface area contributed by atoms with Gasteiger partial charge in [0, 0.05) is 51.1 Å². The monoisotopic (exact) mass is 410 g/mol. The fourth-order valence-electron chi connectivity index (χ4n) is 5.67. The zero-order valence-corrected chi connectivity index (χ0v) is 17.6. The summed E-state index contributed by atoms with van der Waals surface area (Å²) < 4.78 is 20.1. The van der Waals surface area contributed by atoms with Crippen molar-refractivity contribution in [3.8, 4) is 0 Å². The standard InChI is InChI=1S/C21H35FN4O3/c1-13-3-4-18(22)17-10-19(24-20(13)17)21(28)23-15-9-16(12-29-11-15)26-7-5-25(6-8-26)14(2)27/h13,15-20,24H,3-12H2,1-2H3,(H,23,28)/t13?,15-,16+,17?,18?,19?,20?/m0/s1. The highest BCUT2D eigenvalue weighted by atomic mass is 19.1. The second kappa shape index (κ2) is 8.86. The van der Waals surface area contributed by atoms with Crippen molar-refractivity contribution in [1.82, 2.24) is 20.4 Å². The topological polar surface area (TPSA) is 73.9 Å². The molecule has 3 heterocycles. The molecule has 0 radical (unpaired) electrons. The lowest BCUT2D eigenvalue weighted by Crippen LogP contribution is -2.57. The Hall–Kier alpha value is -1.25. The minimum Gasteiger partial charge on any atom is -0.378 e. The molecular formula is C21H35FN4O3. The molecule has 5 unspecified atom stereocenters. The van der Waals surface area contributed by atoms with Gasteiger partial charge in [0.1, 0.15) is 6.17 Å². The number of carbonyl (C=O) groups is 2. The van der Waals surface area contributed by atoms with Gasteiger partial charge in [0.25, 0.3) is 0 Å². The molecule has 0 aromatic rings. The third-order valence-electron chi connectivity index (χ3n) is 7.46. The molecule has 4 aliphatic rings. The first-order chi connectivity index (χ1) is 13.9. The second-order valence-corrected chi connectivity index (χ2v) is 9.39. The predicted molar refractivity (Wildman–Crippen MR) is 107 cm³/mol. The Balaban J connectivity index is 1.27. The van der Waals surface area contributed by atoms with E-state index in [1.165, 1.54) is 0 Å². The zero-order chi connectivity index (χ0) is 20.5. The average Bonchev–Trinajstić information content (AvgIpc) is 3.18. The van der Waals surface area contributed by atoms with Crippen molar-refractivity contribution in [2.24, 2.45) is 11.8 Å². The van der Waals surface area contributed by atoms with Gasteiger partial charge in [-0.1, -0.05) is 6.92 Å². The Bertz CT molecular complexity index is 595. The van der Waals surface area contributed by atoms with Crippen molar-refractivity contribution in [1.29, 1.82) is 0 Å². The average molecular weight is 411 g/mol. The number of alkyl halides is 1. The molecule has 3 aliphatic heterocycles. The number of nitrogens with one attached hydrogen (secondary N) is 2. The number of carbonyl (C=O) groups excluding carboxylic acids is 2. The maximum atomic E-state index is 14.3. The van der Waals surface area contributed by atoms with Crippen molar-refractivity contribution < 1.29 is 18.7 Å². The van der Waals surface area contributed by atoms with Gasteiger partial charge in [0.2, 0.25) is 11.8 Å². The van der Waals surface area contributed by atoms with Gasteiger partial charge in [-0.2, -0.15) is 0 Å². The first kappa shape index (κ1) is 21.0. The summed E-state index contributed by atoms with van der Waals surface area (Å²) >= 11 is 0. The van der Waals surface area contributed by atoms with Gasteiger partial charge in [-0.3, -0.25) is 14.5 Å². The van der Waals surface area contributed by atoms with E-state index in [1.807, 2.05) is 4.90 Å². The lowest BCUT2D eigenvalue weighted by molar-refractivity contribution is -0.132. The maximum absolute atomic E-state index is 14.3. The maximum Gasteiger partial charge on any atom is 0.237 e. The Labute approximate surface area is 172 Å². The zero-order valence-electron chi connectivity index (χ0n) is 17.6. The summed E-state index contributed by atoms with van der Waals surface area (Å²) in [6, 6.07) is 0.0540. The van der Waals surface area contributed by atoms with Crippen LogP contribution in [0.4, 0.5) is 4.39 Å². The van der Waals surface area contributed by atoms with Crippen LogP contribution < -0.4 is 10.6 Å². The summed E-state index contributed by atoms with van der Waals surface area (Å²) in [6.07, 6.45) is 2.16. The first-order valence-electron chi connectivity index (χ1n) is 11.2. The van der Waals surface area contributed by atoms with Gasteiger partial charge in [-0.25, -0.2) is 4.39 Å². The summed E-state index contributed by atoms with van der Waals surface area (Å²) in [7, 11) is 0. The van der Waals surface area contributed by atoms with E-state index in [9.17, 15) is 14.0 Å². The molecular weight excluding hydrogens is 375 g/mol. The number of rotatable bonds is 3. The van der Waals surface area contributed by atoms with Gasteiger partial charge in [-0.15, -0.1) is 0 Å². The fraction of sp³-hybridized carbons (Fsp3) is 0.905. The van der Waals surface area contributed by atoms with Gasteiger partial charge in [-0.05, 0) is 31.6 Å². The number of halogens is 1. The van der Waals surface area contributed by atoms with Crippen LogP contribution in [0.3, 0.4) is 0 Å². The Morgan fingerprint density at radius 1 is 1.10 bits per heavy atom. The van der Waals surface area contributed by atoms with Crippen molar-refractivity contribution in [3.05, 3.63) is 0 Å². The number of hydrogen-bond acceptors (Lipinski definition) is 5. The van der Waals surface area contributed by atoms with Gasteiger partial charge < -0.3 is 20.3 Å². The normalized spacial score (nSPS) is 41.1. The molecule has 1 saturated carbocycles. The van der Waals surface area contributed by atoms with Crippen LogP contribution in [0.15, 0.2) is 0 Å². The molecule has 0 aromatic carbocycles. The lowest BCUT2D eigenvalue weighted by Gasteiger charge is -2.42. The highest BCUT2D eigenvalue weighted by Gasteiger charge is 2.46. The molecule has 7 atom stereocenters. The van der Waals surface area contributed by atoms with E-state index >= 15 is 0 Å². The van der Waals surface area contributed by atoms with Crippen molar-refractivity contribution >= 4 is 11.8 Å². The van der Waals surface area contributed by atoms with Gasteiger partial charge in [0.05, 0.1) is 25.3 Å². The van der Waals surface area contributed by atoms with E-state index in [4.69, 9.17) is 4.74 Å². The fourth-order valence-corrected chi connectivity index (χ4v) is 5.67. The number of hydrogen-bond donors (Lipinski definition) is 2. The minimum atomic E-state index is -0.794. The highest BCUT2D eigenvalue weighted by molar-refractivity contribution is 5.82. The Morgan fingerprint density at radius 2 is 1.86 bits per heavy atom. The van der Waals surface area contributed by atoms with Crippen LogP contribution >= 0.6 is 0 Å². The summed E-state index contributed by atoms with van der Waals surface area (Å²) in [5, 5.41) is 6.57. The van der Waals surface area contributed by atoms with Crippen LogP contribution in [0.25, 0.3) is 0 Å². The lowest BCUT2D eigenvalue weighted by atomic mass is 9.77. The molecule has 8 heteroatoms. The molecule has 4 fully saturated rings. The quantitative estimate of drug-likeness (QED) is 0.711. The molecule has 4 rings (SSSR count). The van der Waals surface area contributed by atoms with Crippen molar-refractivity contribution in [2.45, 2.75) is 69.9 Å². The number of amides is 2. The summed E-state index contributed by atoms with van der Waals surface area (Å²) in [6.45, 7) is 8.15. The minimum absolute atomic E-state index is 0.0184. The molecule has 1 aliphatic carbocycles. The molecule has 0 spiro atoms. The van der Waals surface area contributed by atoms with Gasteiger partial charge in [0.15, 0.2) is 0 Å². The second-order valence-electron chi connectivity index (χ2n) is 9.39. The van der Waals surface area contributed by atoms with Crippen LogP contribution in [-0.4, -0.2) is 91.3 Å². The van der Waals surface area contributed by atoms with E-state index in [2.05, 4.69) is 22.5 Å². The Morgan fingerprint density at radius 3 is 2.55 bits per heavy atom. The van der Waals surface area contributed by atoms with Crippen LogP contribution in [-0.2, 0) is 14.3 Å². The van der Waals surface area contributed by atoms with Crippen molar-refractivity contribution in [3.63, 3.8) is 0 Å². The predicted octanol–water partition coefficient (Wildman–Crippen LogP) is 0.539. The van der Waals surface area contributed by atoms with Crippen molar-refractivity contribution in [2.75, 3.05) is 39.4 Å². The smallest absolute Gasteiger partial charge is 0.237 e. The Kier molecular flexibility index (Phi) is 6.41. The SMILES string of the molecule is CC(=O)N1CCN([C@H]2COC[C@@H](NC(=O)C3CC4C(F)CCC(C)C4N3)C2)CC1. The third kappa shape index (κ3) is 4.59. The molecule has 2 amide bonds. The molecule has 7 nitrogen and oxygen atoms in total. The van der Waals surface area contributed by atoms with Crippen LogP contribution in [0, 0.1) is 11.8 Å². The van der Waals surface area contributed by atoms with Crippen LogP contribution in [0.1, 0.15) is 39.5 Å². The van der Waals surface area contributed by atoms with Gasteiger partial charge >= 0.3 is 0 Å². The van der Waals surface area contributed by atoms with E-state index < -0.39 is 6.17 Å². The molecule has 164 valence electrons. The van der Waals surface area contributed by atoms with E-state index in [-0.39, 0.29) is 41.9 Å². The van der Waals surface area contributed by atoms with E-state index in [1.54, 1.807) is 6.92 Å². The first-order valence-corrected chi connectivity index (χ1v) is 11.2. The van der Waals surface area contributed by atoms with E-state index in [0.717, 1.165) is 39.0 Å². The molecule has 2 N–H and O–H groups in total. The van der Waals surface area contributed by atoms with E-state index in [0.29, 0.717) is 32.0 Å². The van der Waals surface area contributed by atoms with Crippen LogP contribution in [0.5, 0.6) is 0 Å².